The van der Waals surface area contributed by atoms with E-state index in [9.17, 15) is 4.79 Å². The maximum absolute atomic E-state index is 12.8. The van der Waals surface area contributed by atoms with Crippen molar-refractivity contribution in [3.63, 3.8) is 0 Å². The minimum absolute atomic E-state index is 0.124. The quantitative estimate of drug-likeness (QED) is 0.299. The summed E-state index contributed by atoms with van der Waals surface area (Å²) in [5.41, 5.74) is 0.443. The van der Waals surface area contributed by atoms with Crippen LogP contribution < -0.4 is 0 Å². The molecule has 2 atom stereocenters. The summed E-state index contributed by atoms with van der Waals surface area (Å²) in [6, 6.07) is 9.96. The Labute approximate surface area is 133 Å². The fourth-order valence-electron chi connectivity index (χ4n) is 2.79. The number of rotatable bonds is 9. The summed E-state index contributed by atoms with van der Waals surface area (Å²) in [6.07, 6.45) is 7.55. The molecule has 1 aliphatic rings. The summed E-state index contributed by atoms with van der Waals surface area (Å²) >= 11 is 0. The van der Waals surface area contributed by atoms with E-state index in [1.807, 2.05) is 37.3 Å². The minimum Gasteiger partial charge on any atom is -0.465 e. The lowest BCUT2D eigenvalue weighted by Crippen LogP contribution is -2.38. The molecule has 0 amide bonds. The molecule has 2 unspecified atom stereocenters. The lowest BCUT2D eigenvalue weighted by atomic mass is 9.74. The van der Waals surface area contributed by atoms with Crippen LogP contribution in [-0.2, 0) is 19.7 Å². The molecule has 1 aromatic carbocycles. The Hall–Kier alpha value is -1.61. The van der Waals surface area contributed by atoms with Gasteiger partial charge in [-0.1, -0.05) is 56.3 Å². The zero-order valence-electron chi connectivity index (χ0n) is 13.6. The zero-order chi connectivity index (χ0) is 15.8. The van der Waals surface area contributed by atoms with Gasteiger partial charge in [-0.3, -0.25) is 4.79 Å². The van der Waals surface area contributed by atoms with Crippen molar-refractivity contribution in [1.82, 2.24) is 0 Å². The van der Waals surface area contributed by atoms with Gasteiger partial charge in [-0.05, 0) is 31.2 Å². The third kappa shape index (κ3) is 4.20. The van der Waals surface area contributed by atoms with E-state index < -0.39 is 5.41 Å². The number of hydrogen-bond donors (Lipinski definition) is 0. The number of ether oxygens (including phenoxy) is 2. The van der Waals surface area contributed by atoms with E-state index >= 15 is 0 Å². The van der Waals surface area contributed by atoms with Gasteiger partial charge >= 0.3 is 5.97 Å². The van der Waals surface area contributed by atoms with Gasteiger partial charge < -0.3 is 9.47 Å². The van der Waals surface area contributed by atoms with E-state index in [1.54, 1.807) is 0 Å². The molecule has 0 aromatic heterocycles. The van der Waals surface area contributed by atoms with Gasteiger partial charge in [0.1, 0.15) is 0 Å². The lowest BCUT2D eigenvalue weighted by molar-refractivity contribution is -0.151. The third-order valence-corrected chi connectivity index (χ3v) is 4.22. The van der Waals surface area contributed by atoms with Gasteiger partial charge in [0.25, 0.3) is 0 Å². The normalized spacial score (nSPS) is 19.8. The molecule has 0 aliphatic carbocycles. The van der Waals surface area contributed by atoms with Gasteiger partial charge in [0, 0.05) is 0 Å². The second kappa shape index (κ2) is 8.14. The van der Waals surface area contributed by atoms with Crippen LogP contribution in [0.5, 0.6) is 0 Å². The van der Waals surface area contributed by atoms with Crippen LogP contribution in [-0.4, -0.2) is 25.3 Å². The van der Waals surface area contributed by atoms with E-state index in [0.29, 0.717) is 13.0 Å². The highest BCUT2D eigenvalue weighted by Gasteiger charge is 2.45. The molecule has 1 fully saturated rings. The molecule has 1 aromatic rings. The summed E-state index contributed by atoms with van der Waals surface area (Å²) in [5, 5.41) is 0. The van der Waals surface area contributed by atoms with Crippen molar-refractivity contribution in [3.05, 3.63) is 48.0 Å². The number of allylic oxidation sites excluding steroid dienone is 1. The molecule has 0 radical (unpaired) electrons. The fourth-order valence-corrected chi connectivity index (χ4v) is 2.79. The predicted octanol–water partition coefficient (Wildman–Crippen LogP) is 4.02. The molecule has 0 bridgehead atoms. The zero-order valence-corrected chi connectivity index (χ0v) is 13.6. The highest BCUT2D eigenvalue weighted by Crippen LogP contribution is 2.38. The Morgan fingerprint density at radius 2 is 2.05 bits per heavy atom. The summed E-state index contributed by atoms with van der Waals surface area (Å²) in [7, 11) is 0. The largest absolute Gasteiger partial charge is 0.465 e. The number of esters is 1. The van der Waals surface area contributed by atoms with Gasteiger partial charge in [-0.15, -0.1) is 0 Å². The molecule has 0 saturated carbocycles. The van der Waals surface area contributed by atoms with Gasteiger partial charge in [-0.2, -0.15) is 0 Å². The minimum atomic E-state index is -0.586. The van der Waals surface area contributed by atoms with Crippen molar-refractivity contribution in [2.45, 2.75) is 51.0 Å². The predicted molar refractivity (Wildman–Crippen MR) is 87.8 cm³/mol. The molecule has 1 heterocycles. The van der Waals surface area contributed by atoms with Gasteiger partial charge in [0.15, 0.2) is 0 Å². The van der Waals surface area contributed by atoms with Crippen LogP contribution in [0.2, 0.25) is 0 Å². The summed E-state index contributed by atoms with van der Waals surface area (Å²) in [5.74, 6) is -0.124. The molecule has 22 heavy (non-hydrogen) atoms. The number of benzene rings is 1. The molecule has 120 valence electrons. The maximum atomic E-state index is 12.8. The number of epoxide rings is 1. The summed E-state index contributed by atoms with van der Waals surface area (Å²) < 4.78 is 11.0. The maximum Gasteiger partial charge on any atom is 0.316 e. The molecule has 0 spiro atoms. The van der Waals surface area contributed by atoms with Crippen molar-refractivity contribution in [2.24, 2.45) is 0 Å². The van der Waals surface area contributed by atoms with Crippen LogP contribution in [0.25, 0.3) is 0 Å². The van der Waals surface area contributed by atoms with Crippen LogP contribution in [0.4, 0.5) is 0 Å². The average Bonchev–Trinajstić information content (AvgIpc) is 3.37. The number of carbonyl (C=O) groups is 1. The van der Waals surface area contributed by atoms with Crippen LogP contribution in [0.1, 0.15) is 45.1 Å². The topological polar surface area (TPSA) is 38.8 Å². The van der Waals surface area contributed by atoms with E-state index in [1.165, 1.54) is 0 Å². The van der Waals surface area contributed by atoms with Gasteiger partial charge in [-0.25, -0.2) is 0 Å². The second-order valence-electron chi connectivity index (χ2n) is 5.77. The van der Waals surface area contributed by atoms with Crippen molar-refractivity contribution in [1.29, 1.82) is 0 Å². The smallest absolute Gasteiger partial charge is 0.316 e. The highest BCUT2D eigenvalue weighted by atomic mass is 16.6. The molecule has 3 nitrogen and oxygen atoms in total. The Kier molecular flexibility index (Phi) is 6.20. The second-order valence-corrected chi connectivity index (χ2v) is 5.77. The molecule has 2 rings (SSSR count). The highest BCUT2D eigenvalue weighted by molar-refractivity contribution is 5.83. The van der Waals surface area contributed by atoms with Gasteiger partial charge in [0.05, 0.1) is 24.7 Å². The SMILES string of the molecule is CC/C=C\CCOC(=O)C(CC)(CC1CO1)c1ccccc1. The molecule has 1 saturated heterocycles. The Balaban J connectivity index is 2.09. The van der Waals surface area contributed by atoms with E-state index in [-0.39, 0.29) is 12.1 Å². The Bertz CT molecular complexity index is 491. The van der Waals surface area contributed by atoms with Gasteiger partial charge in [0.2, 0.25) is 0 Å². The van der Waals surface area contributed by atoms with Crippen LogP contribution in [0, 0.1) is 0 Å². The number of carbonyl (C=O) groups excluding carboxylic acids is 1. The van der Waals surface area contributed by atoms with Crippen molar-refractivity contribution >= 4 is 5.97 Å². The molecule has 3 heteroatoms. The van der Waals surface area contributed by atoms with E-state index in [4.69, 9.17) is 9.47 Å². The van der Waals surface area contributed by atoms with Crippen LogP contribution >= 0.6 is 0 Å². The van der Waals surface area contributed by atoms with E-state index in [2.05, 4.69) is 19.1 Å². The first-order valence-corrected chi connectivity index (χ1v) is 8.22. The first kappa shape index (κ1) is 16.8. The monoisotopic (exact) mass is 302 g/mol. The van der Waals surface area contributed by atoms with Crippen LogP contribution in [0.15, 0.2) is 42.5 Å². The third-order valence-electron chi connectivity index (χ3n) is 4.22. The summed E-state index contributed by atoms with van der Waals surface area (Å²) in [4.78, 5) is 12.8. The standard InChI is InChI=1S/C19H26O3/c1-3-5-6-10-13-21-18(20)19(4-2,14-17-15-22-17)16-11-8-7-9-12-16/h5-9,11-12,17H,3-4,10,13-15H2,1-2H3/b6-5-. The molecular weight excluding hydrogens is 276 g/mol. The Morgan fingerprint density at radius 1 is 1.32 bits per heavy atom. The molecule has 1 aliphatic heterocycles. The van der Waals surface area contributed by atoms with Crippen molar-refractivity contribution in [3.8, 4) is 0 Å². The average molecular weight is 302 g/mol. The molecular formula is C19H26O3. The Morgan fingerprint density at radius 3 is 2.64 bits per heavy atom. The first-order chi connectivity index (χ1) is 10.7. The molecule has 0 N–H and O–H groups in total. The fraction of sp³-hybridized carbons (Fsp3) is 0.526. The summed E-state index contributed by atoms with van der Waals surface area (Å²) in [6.45, 7) is 5.33. The van der Waals surface area contributed by atoms with Crippen LogP contribution in [0.3, 0.4) is 0 Å². The van der Waals surface area contributed by atoms with E-state index in [0.717, 1.165) is 31.4 Å². The lowest BCUT2D eigenvalue weighted by Gasteiger charge is -2.30. The first-order valence-electron chi connectivity index (χ1n) is 8.22. The van der Waals surface area contributed by atoms with Crippen molar-refractivity contribution in [2.75, 3.05) is 13.2 Å². The van der Waals surface area contributed by atoms with Crippen molar-refractivity contribution < 1.29 is 14.3 Å². The number of hydrogen-bond acceptors (Lipinski definition) is 3.